The van der Waals surface area contributed by atoms with E-state index < -0.39 is 5.54 Å². The van der Waals surface area contributed by atoms with Crippen molar-refractivity contribution < 1.29 is 9.59 Å². The Morgan fingerprint density at radius 3 is 1.87 bits per heavy atom. The van der Waals surface area contributed by atoms with Crippen molar-refractivity contribution in [1.29, 1.82) is 0 Å². The van der Waals surface area contributed by atoms with Crippen LogP contribution in [-0.2, 0) is 9.59 Å². The number of Topliss-reactive ketones (excluding diaryl/α,β-unsaturated/α-hetero) is 1. The number of carbonyl (C=O) groups excluding carboxylic acids is 2. The Labute approximate surface area is 92.6 Å². The number of rotatable bonds is 4. The average molecular weight is 213 g/mol. The Morgan fingerprint density at radius 2 is 1.53 bits per heavy atom. The van der Waals surface area contributed by atoms with E-state index in [1.165, 1.54) is 0 Å². The van der Waals surface area contributed by atoms with Gasteiger partial charge in [-0.25, -0.2) is 0 Å². The minimum atomic E-state index is -0.739. The van der Waals surface area contributed by atoms with Crippen LogP contribution in [0.1, 0.15) is 54.4 Å². The zero-order valence-corrected chi connectivity index (χ0v) is 10.7. The summed E-state index contributed by atoms with van der Waals surface area (Å²) in [4.78, 5) is 23.2. The smallest absolute Gasteiger partial charge is 0.221 e. The molecule has 0 aliphatic carbocycles. The Bertz CT molecular complexity index is 249. The van der Waals surface area contributed by atoms with E-state index in [0.29, 0.717) is 12.8 Å². The van der Waals surface area contributed by atoms with Crippen LogP contribution in [0.3, 0.4) is 0 Å². The molecule has 15 heavy (non-hydrogen) atoms. The van der Waals surface area contributed by atoms with E-state index in [1.807, 2.05) is 20.8 Å². The maximum Gasteiger partial charge on any atom is 0.221 e. The fourth-order valence-corrected chi connectivity index (χ4v) is 1.39. The first-order valence-corrected chi connectivity index (χ1v) is 5.43. The lowest BCUT2D eigenvalue weighted by Crippen LogP contribution is -2.50. The molecule has 88 valence electrons. The summed E-state index contributed by atoms with van der Waals surface area (Å²) in [6.07, 6.45) is 0.885. The van der Waals surface area contributed by atoms with Gasteiger partial charge < -0.3 is 5.32 Å². The number of nitrogens with one attached hydrogen (secondary N) is 1. The molecular formula is C12H23NO2. The first-order valence-electron chi connectivity index (χ1n) is 5.43. The van der Waals surface area contributed by atoms with E-state index in [2.05, 4.69) is 5.32 Å². The quantitative estimate of drug-likeness (QED) is 0.779. The van der Waals surface area contributed by atoms with Gasteiger partial charge in [0.15, 0.2) is 5.78 Å². The molecule has 3 heteroatoms. The number of ketones is 1. The lowest BCUT2D eigenvalue weighted by atomic mass is 9.90. The van der Waals surface area contributed by atoms with Gasteiger partial charge in [-0.2, -0.15) is 0 Å². The SMILES string of the molecule is CCC(=O)C(C)(C)NC(=O)CC(C)(C)C. The van der Waals surface area contributed by atoms with Gasteiger partial charge in [-0.15, -0.1) is 0 Å². The van der Waals surface area contributed by atoms with Crippen LogP contribution in [0.25, 0.3) is 0 Å². The number of amides is 1. The van der Waals surface area contributed by atoms with Crippen molar-refractivity contribution in [2.45, 2.75) is 59.9 Å². The first kappa shape index (κ1) is 14.1. The second kappa shape index (κ2) is 4.77. The summed E-state index contributed by atoms with van der Waals surface area (Å²) in [5.74, 6) is -0.000871. The van der Waals surface area contributed by atoms with Crippen LogP contribution in [0.5, 0.6) is 0 Å². The highest BCUT2D eigenvalue weighted by Gasteiger charge is 2.28. The molecule has 0 saturated carbocycles. The van der Waals surface area contributed by atoms with Crippen LogP contribution >= 0.6 is 0 Å². The maximum absolute atomic E-state index is 11.6. The Hall–Kier alpha value is -0.860. The molecule has 0 rings (SSSR count). The van der Waals surface area contributed by atoms with E-state index >= 15 is 0 Å². The molecule has 0 aliphatic rings. The lowest BCUT2D eigenvalue weighted by molar-refractivity contribution is -0.131. The van der Waals surface area contributed by atoms with Crippen molar-refractivity contribution in [2.24, 2.45) is 5.41 Å². The van der Waals surface area contributed by atoms with Gasteiger partial charge in [-0.05, 0) is 19.3 Å². The molecule has 0 atom stereocenters. The molecule has 0 fully saturated rings. The standard InChI is InChI=1S/C12H23NO2/c1-7-9(14)12(5,6)13-10(15)8-11(2,3)4/h7-8H2,1-6H3,(H,13,15). The summed E-state index contributed by atoms with van der Waals surface area (Å²) in [5, 5.41) is 2.78. The highest BCUT2D eigenvalue weighted by Crippen LogP contribution is 2.19. The second-order valence-corrected chi connectivity index (χ2v) is 5.69. The molecule has 0 aromatic rings. The minimum Gasteiger partial charge on any atom is -0.344 e. The third kappa shape index (κ3) is 5.55. The van der Waals surface area contributed by atoms with E-state index in [1.54, 1.807) is 20.8 Å². The second-order valence-electron chi connectivity index (χ2n) is 5.69. The fourth-order valence-electron chi connectivity index (χ4n) is 1.39. The van der Waals surface area contributed by atoms with Crippen molar-refractivity contribution in [3.63, 3.8) is 0 Å². The molecule has 0 aliphatic heterocycles. The van der Waals surface area contributed by atoms with Crippen molar-refractivity contribution >= 4 is 11.7 Å². The van der Waals surface area contributed by atoms with Crippen LogP contribution in [0, 0.1) is 5.41 Å². The molecule has 1 N–H and O–H groups in total. The van der Waals surface area contributed by atoms with Crippen LogP contribution in [0.15, 0.2) is 0 Å². The molecule has 0 unspecified atom stereocenters. The molecule has 0 spiro atoms. The van der Waals surface area contributed by atoms with Crippen molar-refractivity contribution in [3.05, 3.63) is 0 Å². The van der Waals surface area contributed by atoms with Crippen molar-refractivity contribution in [2.75, 3.05) is 0 Å². The summed E-state index contributed by atoms with van der Waals surface area (Å²) in [6.45, 7) is 11.3. The lowest BCUT2D eigenvalue weighted by Gasteiger charge is -2.26. The first-order chi connectivity index (χ1) is 6.58. The molecule has 3 nitrogen and oxygen atoms in total. The Balaban J connectivity index is 4.35. The topological polar surface area (TPSA) is 46.2 Å². The number of hydrogen-bond acceptors (Lipinski definition) is 2. The molecule has 0 bridgehead atoms. The fraction of sp³-hybridized carbons (Fsp3) is 0.833. The maximum atomic E-state index is 11.6. The molecule has 1 amide bonds. The highest BCUT2D eigenvalue weighted by atomic mass is 16.2. The van der Waals surface area contributed by atoms with Crippen LogP contribution in [0.2, 0.25) is 0 Å². The third-order valence-electron chi connectivity index (χ3n) is 2.16. The van der Waals surface area contributed by atoms with E-state index in [-0.39, 0.29) is 17.1 Å². The van der Waals surface area contributed by atoms with E-state index in [0.717, 1.165) is 0 Å². The van der Waals surface area contributed by atoms with Gasteiger partial charge in [0, 0.05) is 12.8 Å². The van der Waals surface area contributed by atoms with Gasteiger partial charge in [-0.1, -0.05) is 27.7 Å². The summed E-state index contributed by atoms with van der Waals surface area (Å²) < 4.78 is 0. The molecule has 0 aromatic carbocycles. The minimum absolute atomic E-state index is 0.0462. The van der Waals surface area contributed by atoms with Crippen LogP contribution < -0.4 is 5.32 Å². The van der Waals surface area contributed by atoms with Crippen molar-refractivity contribution in [1.82, 2.24) is 5.32 Å². The summed E-state index contributed by atoms with van der Waals surface area (Å²) in [6, 6.07) is 0. The molecule has 0 saturated heterocycles. The zero-order chi connectivity index (χ0) is 12.3. The summed E-state index contributed by atoms with van der Waals surface area (Å²) in [7, 11) is 0. The number of hydrogen-bond donors (Lipinski definition) is 1. The van der Waals surface area contributed by atoms with Gasteiger partial charge in [0.2, 0.25) is 5.91 Å². The van der Waals surface area contributed by atoms with Gasteiger partial charge in [-0.3, -0.25) is 9.59 Å². The van der Waals surface area contributed by atoms with Crippen LogP contribution in [0.4, 0.5) is 0 Å². The molecule has 0 radical (unpaired) electrons. The summed E-state index contributed by atoms with van der Waals surface area (Å²) >= 11 is 0. The van der Waals surface area contributed by atoms with E-state index in [9.17, 15) is 9.59 Å². The molecule has 0 heterocycles. The largest absolute Gasteiger partial charge is 0.344 e. The summed E-state index contributed by atoms with van der Waals surface area (Å²) in [5.41, 5.74) is -0.785. The molecular weight excluding hydrogens is 190 g/mol. The highest BCUT2D eigenvalue weighted by molar-refractivity contribution is 5.92. The number of carbonyl (C=O) groups is 2. The Morgan fingerprint density at radius 1 is 1.07 bits per heavy atom. The van der Waals surface area contributed by atoms with Gasteiger partial charge >= 0.3 is 0 Å². The molecule has 0 aromatic heterocycles. The zero-order valence-electron chi connectivity index (χ0n) is 10.7. The third-order valence-corrected chi connectivity index (χ3v) is 2.16. The average Bonchev–Trinajstić information content (AvgIpc) is 1.97. The predicted octanol–water partition coefficient (Wildman–Crippen LogP) is 2.30. The predicted molar refractivity (Wildman–Crippen MR) is 61.6 cm³/mol. The van der Waals surface area contributed by atoms with Gasteiger partial charge in [0.05, 0.1) is 5.54 Å². The monoisotopic (exact) mass is 213 g/mol. The normalized spacial score (nSPS) is 12.4. The van der Waals surface area contributed by atoms with E-state index in [4.69, 9.17) is 0 Å². The van der Waals surface area contributed by atoms with Gasteiger partial charge in [0.25, 0.3) is 0 Å². The van der Waals surface area contributed by atoms with Crippen LogP contribution in [-0.4, -0.2) is 17.2 Å². The van der Waals surface area contributed by atoms with Crippen molar-refractivity contribution in [3.8, 4) is 0 Å². The van der Waals surface area contributed by atoms with Gasteiger partial charge in [0.1, 0.15) is 0 Å². The Kier molecular flexibility index (Phi) is 4.50.